The second kappa shape index (κ2) is 6.80. The van der Waals surface area contributed by atoms with E-state index in [4.69, 9.17) is 4.74 Å². The van der Waals surface area contributed by atoms with Gasteiger partial charge in [-0.25, -0.2) is 0 Å². The van der Waals surface area contributed by atoms with Gasteiger partial charge < -0.3 is 15.0 Å². The van der Waals surface area contributed by atoms with E-state index in [0.717, 1.165) is 32.5 Å². The summed E-state index contributed by atoms with van der Waals surface area (Å²) < 4.78 is 5.16. The van der Waals surface area contributed by atoms with E-state index < -0.39 is 0 Å². The maximum atomic E-state index is 11.8. The van der Waals surface area contributed by atoms with Crippen LogP contribution in [-0.4, -0.2) is 49.7 Å². The normalized spacial score (nSPS) is 21.7. The first-order valence-corrected chi connectivity index (χ1v) is 5.87. The highest BCUT2D eigenvalue weighted by Gasteiger charge is 2.25. The lowest BCUT2D eigenvalue weighted by Crippen LogP contribution is -2.54. The minimum Gasteiger partial charge on any atom is -0.372 e. The molecule has 0 aromatic rings. The van der Waals surface area contributed by atoms with Crippen LogP contribution in [0.2, 0.25) is 0 Å². The molecule has 1 N–H and O–H groups in total. The Balaban J connectivity index is 2.43. The van der Waals surface area contributed by atoms with Crippen LogP contribution >= 0.6 is 0 Å². The van der Waals surface area contributed by atoms with E-state index in [9.17, 15) is 4.79 Å². The van der Waals surface area contributed by atoms with Crippen LogP contribution in [0.25, 0.3) is 0 Å². The molecule has 4 nitrogen and oxygen atoms in total. The quantitative estimate of drug-likeness (QED) is 0.729. The van der Waals surface area contributed by atoms with Crippen molar-refractivity contribution < 1.29 is 9.53 Å². The Hall–Kier alpha value is -0.610. The van der Waals surface area contributed by atoms with Gasteiger partial charge in [-0.15, -0.1) is 0 Å². The molecule has 88 valence electrons. The third kappa shape index (κ3) is 3.80. The molecular formula is C11H22N2O2. The Morgan fingerprint density at radius 3 is 3.00 bits per heavy atom. The lowest BCUT2D eigenvalue weighted by molar-refractivity contribution is -0.139. The molecule has 1 aliphatic heterocycles. The van der Waals surface area contributed by atoms with E-state index in [2.05, 4.69) is 12.2 Å². The molecule has 1 aliphatic rings. The van der Waals surface area contributed by atoms with Crippen molar-refractivity contribution in [2.75, 3.05) is 32.8 Å². The second-order valence-corrected chi connectivity index (χ2v) is 3.87. The van der Waals surface area contributed by atoms with E-state index in [-0.39, 0.29) is 12.5 Å². The summed E-state index contributed by atoms with van der Waals surface area (Å²) in [6, 6.07) is 0.358. The number of rotatable bonds is 5. The zero-order chi connectivity index (χ0) is 11.1. The topological polar surface area (TPSA) is 41.6 Å². The fourth-order valence-corrected chi connectivity index (χ4v) is 1.95. The predicted octanol–water partition coefficient (Wildman–Crippen LogP) is 0.623. The third-order valence-corrected chi connectivity index (χ3v) is 2.72. The van der Waals surface area contributed by atoms with E-state index in [1.807, 2.05) is 11.8 Å². The van der Waals surface area contributed by atoms with Crippen molar-refractivity contribution in [1.29, 1.82) is 0 Å². The fourth-order valence-electron chi connectivity index (χ4n) is 1.95. The van der Waals surface area contributed by atoms with Crippen LogP contribution in [0.1, 0.15) is 26.7 Å². The molecular weight excluding hydrogens is 192 g/mol. The summed E-state index contributed by atoms with van der Waals surface area (Å²) in [5.74, 6) is 0.136. The highest BCUT2D eigenvalue weighted by molar-refractivity contribution is 5.78. The van der Waals surface area contributed by atoms with Gasteiger partial charge in [-0.3, -0.25) is 4.79 Å². The maximum Gasteiger partial charge on any atom is 0.248 e. The molecule has 1 atom stereocenters. The van der Waals surface area contributed by atoms with Gasteiger partial charge in [-0.05, 0) is 13.3 Å². The summed E-state index contributed by atoms with van der Waals surface area (Å²) in [7, 11) is 0. The van der Waals surface area contributed by atoms with Crippen LogP contribution in [0.5, 0.6) is 0 Å². The average molecular weight is 214 g/mol. The Kier molecular flexibility index (Phi) is 5.65. The van der Waals surface area contributed by atoms with Gasteiger partial charge in [0.2, 0.25) is 5.91 Å². The van der Waals surface area contributed by atoms with Crippen LogP contribution in [0.15, 0.2) is 0 Å². The molecule has 1 rings (SSSR count). The molecule has 1 amide bonds. The number of carbonyl (C=O) groups excluding carboxylic acids is 1. The standard InChI is InChI=1S/C11H22N2O2/c1-3-5-10-8-12-6-7-13(10)11(14)9-15-4-2/h10,12H,3-9H2,1-2H3. The van der Waals surface area contributed by atoms with E-state index >= 15 is 0 Å². The lowest BCUT2D eigenvalue weighted by atomic mass is 10.1. The smallest absolute Gasteiger partial charge is 0.248 e. The first-order chi connectivity index (χ1) is 7.29. The molecule has 0 radical (unpaired) electrons. The SMILES string of the molecule is CCCC1CNCCN1C(=O)COCC. The zero-order valence-corrected chi connectivity index (χ0v) is 9.79. The van der Waals surface area contributed by atoms with Gasteiger partial charge in [0, 0.05) is 32.3 Å². The van der Waals surface area contributed by atoms with Crippen LogP contribution in [0, 0.1) is 0 Å². The van der Waals surface area contributed by atoms with Gasteiger partial charge in [0.05, 0.1) is 0 Å². The van der Waals surface area contributed by atoms with Crippen molar-refractivity contribution in [2.45, 2.75) is 32.7 Å². The molecule has 0 bridgehead atoms. The number of ether oxygens (including phenoxy) is 1. The van der Waals surface area contributed by atoms with Crippen LogP contribution in [0.3, 0.4) is 0 Å². The Labute approximate surface area is 92.0 Å². The van der Waals surface area contributed by atoms with Gasteiger partial charge in [0.15, 0.2) is 0 Å². The maximum absolute atomic E-state index is 11.8. The predicted molar refractivity (Wildman–Crippen MR) is 59.8 cm³/mol. The number of nitrogens with one attached hydrogen (secondary N) is 1. The minimum atomic E-state index is 0.136. The molecule has 0 spiro atoms. The lowest BCUT2D eigenvalue weighted by Gasteiger charge is -2.36. The second-order valence-electron chi connectivity index (χ2n) is 3.87. The van der Waals surface area contributed by atoms with Crippen molar-refractivity contribution in [3.8, 4) is 0 Å². The van der Waals surface area contributed by atoms with E-state index in [0.29, 0.717) is 12.6 Å². The van der Waals surface area contributed by atoms with Gasteiger partial charge in [-0.2, -0.15) is 0 Å². The van der Waals surface area contributed by atoms with Gasteiger partial charge in [0.1, 0.15) is 6.61 Å². The van der Waals surface area contributed by atoms with Crippen molar-refractivity contribution in [2.24, 2.45) is 0 Å². The van der Waals surface area contributed by atoms with Gasteiger partial charge in [-0.1, -0.05) is 13.3 Å². The summed E-state index contributed by atoms with van der Waals surface area (Å²) in [5.41, 5.74) is 0. The molecule has 0 aromatic heterocycles. The molecule has 1 heterocycles. The van der Waals surface area contributed by atoms with E-state index in [1.54, 1.807) is 0 Å². The van der Waals surface area contributed by atoms with Crippen molar-refractivity contribution in [3.63, 3.8) is 0 Å². The Morgan fingerprint density at radius 2 is 2.33 bits per heavy atom. The van der Waals surface area contributed by atoms with Crippen molar-refractivity contribution >= 4 is 5.91 Å². The number of piperazine rings is 1. The average Bonchev–Trinajstić information content (AvgIpc) is 2.27. The third-order valence-electron chi connectivity index (χ3n) is 2.72. The van der Waals surface area contributed by atoms with Crippen LogP contribution in [0.4, 0.5) is 0 Å². The first-order valence-electron chi connectivity index (χ1n) is 5.87. The van der Waals surface area contributed by atoms with Gasteiger partial charge in [0.25, 0.3) is 0 Å². The zero-order valence-electron chi connectivity index (χ0n) is 9.79. The molecule has 15 heavy (non-hydrogen) atoms. The summed E-state index contributed by atoms with van der Waals surface area (Å²) in [6.45, 7) is 7.54. The molecule has 4 heteroatoms. The van der Waals surface area contributed by atoms with Crippen LogP contribution in [-0.2, 0) is 9.53 Å². The number of carbonyl (C=O) groups is 1. The summed E-state index contributed by atoms with van der Waals surface area (Å²) in [5, 5.41) is 3.33. The molecule has 1 fully saturated rings. The number of amides is 1. The van der Waals surface area contributed by atoms with E-state index in [1.165, 1.54) is 0 Å². The number of hydrogen-bond donors (Lipinski definition) is 1. The molecule has 0 saturated carbocycles. The van der Waals surface area contributed by atoms with Gasteiger partial charge >= 0.3 is 0 Å². The molecule has 1 saturated heterocycles. The first kappa shape index (κ1) is 12.5. The largest absolute Gasteiger partial charge is 0.372 e. The van der Waals surface area contributed by atoms with Crippen molar-refractivity contribution in [1.82, 2.24) is 10.2 Å². The summed E-state index contributed by atoms with van der Waals surface area (Å²) in [4.78, 5) is 13.8. The minimum absolute atomic E-state index is 0.136. The Morgan fingerprint density at radius 1 is 1.53 bits per heavy atom. The highest BCUT2D eigenvalue weighted by Crippen LogP contribution is 2.09. The van der Waals surface area contributed by atoms with Crippen LogP contribution < -0.4 is 5.32 Å². The van der Waals surface area contributed by atoms with Crippen molar-refractivity contribution in [3.05, 3.63) is 0 Å². The molecule has 1 unspecified atom stereocenters. The highest BCUT2D eigenvalue weighted by atomic mass is 16.5. The monoisotopic (exact) mass is 214 g/mol. The fraction of sp³-hybridized carbons (Fsp3) is 0.909. The molecule has 0 aromatic carbocycles. The molecule has 0 aliphatic carbocycles. The number of hydrogen-bond acceptors (Lipinski definition) is 3. The summed E-state index contributed by atoms with van der Waals surface area (Å²) in [6.07, 6.45) is 2.19. The Bertz CT molecular complexity index is 195. The number of nitrogens with zero attached hydrogens (tertiary/aromatic N) is 1. The summed E-state index contributed by atoms with van der Waals surface area (Å²) >= 11 is 0.